The molecular weight excluding hydrogens is 572 g/mol. The molecule has 9 nitrogen and oxygen atoms in total. The van der Waals surface area contributed by atoms with E-state index in [9.17, 15) is 22.0 Å². The number of sulfonamides is 1. The lowest BCUT2D eigenvalue weighted by Crippen LogP contribution is -2.44. The summed E-state index contributed by atoms with van der Waals surface area (Å²) in [6.07, 6.45) is -0.177. The third-order valence-electron chi connectivity index (χ3n) is 7.44. The Bertz CT molecular complexity index is 1730. The number of carbonyl (C=O) groups is 1. The molecule has 3 unspecified atom stereocenters. The smallest absolute Gasteiger partial charge is 0.262 e. The summed E-state index contributed by atoms with van der Waals surface area (Å²) < 4.78 is 52.1. The van der Waals surface area contributed by atoms with E-state index in [1.807, 2.05) is 91.8 Å². The fourth-order valence-electron chi connectivity index (χ4n) is 5.43. The first-order valence-electron chi connectivity index (χ1n) is 13.5. The van der Waals surface area contributed by atoms with E-state index in [4.69, 9.17) is 0 Å². The van der Waals surface area contributed by atoms with Crippen molar-refractivity contribution in [3.8, 4) is 0 Å². The van der Waals surface area contributed by atoms with Crippen molar-refractivity contribution in [1.82, 2.24) is 10.2 Å². The van der Waals surface area contributed by atoms with Crippen LogP contribution in [0.4, 0.5) is 11.4 Å². The predicted molar refractivity (Wildman–Crippen MR) is 168 cm³/mol. The quantitative estimate of drug-likeness (QED) is 0.269. The molecule has 11 heteroatoms. The highest BCUT2D eigenvalue weighted by Crippen LogP contribution is 2.37. The molecule has 5 rings (SSSR count). The van der Waals surface area contributed by atoms with Crippen LogP contribution in [0.5, 0.6) is 0 Å². The minimum absolute atomic E-state index is 0.177. The highest BCUT2D eigenvalue weighted by atomic mass is 32.2. The molecule has 4 aromatic carbocycles. The van der Waals surface area contributed by atoms with Gasteiger partial charge in [0.25, 0.3) is 11.3 Å². The fourth-order valence-corrected chi connectivity index (χ4v) is 7.51. The van der Waals surface area contributed by atoms with Crippen molar-refractivity contribution < 1.29 is 22.0 Å². The molecule has 0 radical (unpaired) electrons. The Balaban J connectivity index is 1.47. The minimum atomic E-state index is -3.68. The standard InChI is InChI=1S/C31H34N4O5S2/c1-33(2)20-22-13-16-27-28(21-42(39,40)34(3)30(27)17-22)32-31(36)19-29(24-10-5-4-6-11-24)35(41(37)38)26-15-14-23-9-7-8-12-25(23)18-26/h4-18,28-29H,19-21H2,1-3H3,(H,32,36)(H,37,38). The summed E-state index contributed by atoms with van der Waals surface area (Å²) in [6, 6.07) is 26.3. The van der Waals surface area contributed by atoms with Crippen molar-refractivity contribution in [3.63, 3.8) is 0 Å². The summed E-state index contributed by atoms with van der Waals surface area (Å²) in [5.41, 5.74) is 3.34. The molecule has 0 aromatic heterocycles. The highest BCUT2D eigenvalue weighted by Gasteiger charge is 2.36. The van der Waals surface area contributed by atoms with E-state index in [1.54, 1.807) is 18.2 Å². The number of nitrogens with zero attached hydrogens (tertiary/aromatic N) is 3. The minimum Gasteiger partial charge on any atom is -0.348 e. The normalized spacial score (nSPS) is 17.5. The largest absolute Gasteiger partial charge is 0.348 e. The van der Waals surface area contributed by atoms with Gasteiger partial charge in [0, 0.05) is 13.6 Å². The van der Waals surface area contributed by atoms with Crippen LogP contribution < -0.4 is 13.9 Å². The lowest BCUT2D eigenvalue weighted by molar-refractivity contribution is -0.122. The molecule has 1 heterocycles. The van der Waals surface area contributed by atoms with E-state index in [1.165, 1.54) is 15.7 Å². The molecule has 0 bridgehead atoms. The predicted octanol–water partition coefficient (Wildman–Crippen LogP) is 4.61. The first kappa shape index (κ1) is 29.7. The monoisotopic (exact) mass is 606 g/mol. The third-order valence-corrected chi connectivity index (χ3v) is 10.0. The molecule has 4 aromatic rings. The van der Waals surface area contributed by atoms with Crippen LogP contribution in [-0.4, -0.2) is 54.9 Å². The van der Waals surface area contributed by atoms with Crippen molar-refractivity contribution in [2.75, 3.05) is 35.5 Å². The number of hydrogen-bond donors (Lipinski definition) is 2. The summed E-state index contributed by atoms with van der Waals surface area (Å²) in [7, 11) is 1.71. The second-order valence-corrected chi connectivity index (χ2v) is 13.6. The van der Waals surface area contributed by atoms with Crippen LogP contribution in [0.3, 0.4) is 0 Å². The van der Waals surface area contributed by atoms with Crippen LogP contribution >= 0.6 is 0 Å². The Hall–Kier alpha value is -3.77. The fraction of sp³-hybridized carbons (Fsp3) is 0.258. The average Bonchev–Trinajstić information content (AvgIpc) is 2.95. The first-order chi connectivity index (χ1) is 20.0. The van der Waals surface area contributed by atoms with Gasteiger partial charge in [0.05, 0.1) is 35.6 Å². The molecule has 0 saturated heterocycles. The van der Waals surface area contributed by atoms with Crippen LogP contribution in [0, 0.1) is 0 Å². The molecule has 0 aliphatic carbocycles. The molecule has 0 fully saturated rings. The molecule has 42 heavy (non-hydrogen) atoms. The number of carbonyl (C=O) groups excluding carboxylic acids is 1. The van der Waals surface area contributed by atoms with Gasteiger partial charge in [-0.1, -0.05) is 72.8 Å². The van der Waals surface area contributed by atoms with Crippen molar-refractivity contribution in [2.24, 2.45) is 0 Å². The maximum atomic E-state index is 13.6. The number of amides is 1. The van der Waals surface area contributed by atoms with E-state index in [-0.39, 0.29) is 12.2 Å². The third kappa shape index (κ3) is 6.34. The Morgan fingerprint density at radius 1 is 1.00 bits per heavy atom. The second-order valence-electron chi connectivity index (χ2n) is 10.7. The van der Waals surface area contributed by atoms with Crippen LogP contribution in [0.2, 0.25) is 0 Å². The maximum Gasteiger partial charge on any atom is 0.262 e. The number of rotatable bonds is 9. The number of benzene rings is 4. The van der Waals surface area contributed by atoms with Gasteiger partial charge < -0.3 is 10.2 Å². The van der Waals surface area contributed by atoms with Gasteiger partial charge in [-0.2, -0.15) is 0 Å². The average molecular weight is 607 g/mol. The summed E-state index contributed by atoms with van der Waals surface area (Å²) in [4.78, 5) is 15.6. The van der Waals surface area contributed by atoms with Crippen molar-refractivity contribution >= 4 is 49.3 Å². The number of anilines is 2. The zero-order valence-corrected chi connectivity index (χ0v) is 25.3. The van der Waals surface area contributed by atoms with Gasteiger partial charge >= 0.3 is 0 Å². The lowest BCUT2D eigenvalue weighted by Gasteiger charge is -2.34. The van der Waals surface area contributed by atoms with E-state index in [0.29, 0.717) is 29.0 Å². The number of fused-ring (bicyclic) bond motifs is 2. The molecular formula is C31H34N4O5S2. The number of nitrogens with one attached hydrogen (secondary N) is 1. The van der Waals surface area contributed by atoms with E-state index in [0.717, 1.165) is 16.3 Å². The van der Waals surface area contributed by atoms with Crippen molar-refractivity contribution in [2.45, 2.75) is 25.0 Å². The highest BCUT2D eigenvalue weighted by molar-refractivity contribution is 7.92. The maximum absolute atomic E-state index is 13.6. The van der Waals surface area contributed by atoms with Gasteiger partial charge in [-0.25, -0.2) is 12.6 Å². The summed E-state index contributed by atoms with van der Waals surface area (Å²) in [5, 5.41) is 4.80. The summed E-state index contributed by atoms with van der Waals surface area (Å²) >= 11 is -2.47. The zero-order chi connectivity index (χ0) is 30.0. The molecule has 2 N–H and O–H groups in total. The molecule has 3 atom stereocenters. The van der Waals surface area contributed by atoms with Gasteiger partial charge in [0.1, 0.15) is 0 Å². The Morgan fingerprint density at radius 3 is 2.38 bits per heavy atom. The van der Waals surface area contributed by atoms with Crippen LogP contribution in [0.1, 0.15) is 35.2 Å². The molecule has 0 spiro atoms. The molecule has 1 aliphatic rings. The zero-order valence-electron chi connectivity index (χ0n) is 23.7. The Labute approximate surface area is 249 Å². The summed E-state index contributed by atoms with van der Waals surface area (Å²) in [5.74, 6) is -0.723. The Morgan fingerprint density at radius 2 is 1.69 bits per heavy atom. The molecule has 1 aliphatic heterocycles. The van der Waals surface area contributed by atoms with Crippen molar-refractivity contribution in [1.29, 1.82) is 0 Å². The summed E-state index contributed by atoms with van der Waals surface area (Å²) in [6.45, 7) is 0.639. The van der Waals surface area contributed by atoms with Gasteiger partial charge in [-0.05, 0) is 59.8 Å². The van der Waals surface area contributed by atoms with Crippen LogP contribution in [-0.2, 0) is 32.6 Å². The van der Waals surface area contributed by atoms with E-state index in [2.05, 4.69) is 5.32 Å². The van der Waals surface area contributed by atoms with Crippen LogP contribution in [0.15, 0.2) is 91.0 Å². The van der Waals surface area contributed by atoms with Crippen LogP contribution in [0.25, 0.3) is 10.8 Å². The number of hydrogen-bond acceptors (Lipinski definition) is 5. The van der Waals surface area contributed by atoms with Gasteiger partial charge in [0.2, 0.25) is 15.9 Å². The molecule has 220 valence electrons. The topological polar surface area (TPSA) is 110 Å². The second kappa shape index (κ2) is 12.2. The SMILES string of the molecule is CN(C)Cc1ccc2c(c1)N(C)S(=O)(=O)CC2NC(=O)CC(c1ccccc1)N(c1ccc2ccccc2c1)S(=O)O. The van der Waals surface area contributed by atoms with E-state index < -0.39 is 39.3 Å². The lowest BCUT2D eigenvalue weighted by atomic mass is 10.00. The van der Waals surface area contributed by atoms with Crippen molar-refractivity contribution in [3.05, 3.63) is 108 Å². The van der Waals surface area contributed by atoms with Gasteiger partial charge in [0.15, 0.2) is 0 Å². The van der Waals surface area contributed by atoms with Gasteiger partial charge in [-0.3, -0.25) is 18.0 Å². The molecule has 0 saturated carbocycles. The van der Waals surface area contributed by atoms with Gasteiger partial charge in [-0.15, -0.1) is 0 Å². The molecule has 1 amide bonds. The van der Waals surface area contributed by atoms with E-state index >= 15 is 0 Å². The Kier molecular flexibility index (Phi) is 8.65. The first-order valence-corrected chi connectivity index (χ1v) is 16.2.